The Labute approximate surface area is 143 Å². The molecule has 0 aliphatic carbocycles. The molecule has 0 bridgehead atoms. The summed E-state index contributed by atoms with van der Waals surface area (Å²) in [6.07, 6.45) is 1.52. The molecule has 0 aliphatic heterocycles. The number of nitrogens with zero attached hydrogens (tertiary/aromatic N) is 3. The highest BCUT2D eigenvalue weighted by atomic mass is 32.2. The molecule has 0 unspecified atom stereocenters. The van der Waals surface area contributed by atoms with E-state index in [0.717, 1.165) is 21.8 Å². The molecule has 3 rings (SSSR count). The van der Waals surface area contributed by atoms with E-state index >= 15 is 0 Å². The molecule has 1 aromatic heterocycles. The van der Waals surface area contributed by atoms with Gasteiger partial charge in [0.2, 0.25) is 0 Å². The first-order chi connectivity index (χ1) is 11.6. The van der Waals surface area contributed by atoms with Gasteiger partial charge >= 0.3 is 0 Å². The third-order valence-electron chi connectivity index (χ3n) is 3.37. The summed E-state index contributed by atoms with van der Waals surface area (Å²) in [6.45, 7) is 0. The summed E-state index contributed by atoms with van der Waals surface area (Å²) >= 11 is 1.36. The molecule has 1 amide bonds. The van der Waals surface area contributed by atoms with E-state index in [1.165, 1.54) is 18.0 Å². The van der Waals surface area contributed by atoms with Crippen molar-refractivity contribution in [1.82, 2.24) is 15.0 Å². The molecule has 0 aliphatic rings. The number of hydrogen-bond acceptors (Lipinski definition) is 5. The number of aromatic nitrogens is 2. The van der Waals surface area contributed by atoms with Crippen LogP contribution in [-0.2, 0) is 11.8 Å². The van der Waals surface area contributed by atoms with Gasteiger partial charge in [0, 0.05) is 7.05 Å². The summed E-state index contributed by atoms with van der Waals surface area (Å²) in [5.41, 5.74) is 5.21. The molecule has 2 N–H and O–H groups in total. The second-order valence-electron chi connectivity index (χ2n) is 5.12. The summed E-state index contributed by atoms with van der Waals surface area (Å²) in [5.74, 6) is 0.210. The normalized spacial score (nSPS) is 11.2. The average molecular weight is 340 g/mol. The minimum atomic E-state index is -0.206. The fraction of sp³-hybridized carbons (Fsp3) is 0.118. The minimum Gasteiger partial charge on any atom is -0.508 e. The quantitative estimate of drug-likeness (QED) is 0.425. The van der Waals surface area contributed by atoms with Crippen molar-refractivity contribution in [2.45, 2.75) is 5.16 Å². The van der Waals surface area contributed by atoms with E-state index in [1.54, 1.807) is 24.3 Å². The van der Waals surface area contributed by atoms with Gasteiger partial charge < -0.3 is 9.67 Å². The van der Waals surface area contributed by atoms with Gasteiger partial charge in [-0.1, -0.05) is 23.9 Å². The van der Waals surface area contributed by atoms with Crippen LogP contribution in [0.4, 0.5) is 0 Å². The number of nitrogens with one attached hydrogen (secondary N) is 1. The van der Waals surface area contributed by atoms with Gasteiger partial charge in [-0.15, -0.1) is 0 Å². The zero-order valence-corrected chi connectivity index (χ0v) is 13.8. The van der Waals surface area contributed by atoms with Crippen LogP contribution in [0.5, 0.6) is 5.75 Å². The maximum atomic E-state index is 11.9. The van der Waals surface area contributed by atoms with Gasteiger partial charge in [0.05, 0.1) is 23.0 Å². The number of carbonyl (C=O) groups is 1. The first-order valence-corrected chi connectivity index (χ1v) is 8.27. The van der Waals surface area contributed by atoms with Gasteiger partial charge in [0.1, 0.15) is 5.75 Å². The molecule has 0 spiro atoms. The van der Waals surface area contributed by atoms with E-state index in [-0.39, 0.29) is 17.4 Å². The number of hydrogen-bond donors (Lipinski definition) is 2. The van der Waals surface area contributed by atoms with Crippen molar-refractivity contribution in [3.8, 4) is 5.75 Å². The number of carbonyl (C=O) groups excluding carboxylic acids is 1. The first kappa shape index (κ1) is 16.1. The molecule has 7 heteroatoms. The van der Waals surface area contributed by atoms with E-state index in [2.05, 4.69) is 15.5 Å². The Bertz CT molecular complexity index is 887. The number of thioether (sulfide) groups is 1. The number of benzene rings is 2. The van der Waals surface area contributed by atoms with Crippen LogP contribution in [0.1, 0.15) is 5.56 Å². The van der Waals surface area contributed by atoms with Crippen LogP contribution in [0.3, 0.4) is 0 Å². The lowest BCUT2D eigenvalue weighted by Crippen LogP contribution is -2.19. The standard InChI is InChI=1S/C17H16N4O2S/c1-21-15-5-3-2-4-14(15)19-17(21)24-11-16(23)20-18-10-12-6-8-13(22)9-7-12/h2-10,22H,11H2,1H3,(H,20,23). The van der Waals surface area contributed by atoms with E-state index in [4.69, 9.17) is 0 Å². The molecular weight excluding hydrogens is 324 g/mol. The Hall–Kier alpha value is -2.80. The van der Waals surface area contributed by atoms with Gasteiger partial charge in [-0.3, -0.25) is 4.79 Å². The second-order valence-corrected chi connectivity index (χ2v) is 6.06. The fourth-order valence-corrected chi connectivity index (χ4v) is 2.93. The fourth-order valence-electron chi connectivity index (χ4n) is 2.15. The Morgan fingerprint density at radius 3 is 2.79 bits per heavy atom. The van der Waals surface area contributed by atoms with Crippen LogP contribution in [0, 0.1) is 0 Å². The lowest BCUT2D eigenvalue weighted by molar-refractivity contribution is -0.118. The molecule has 0 saturated carbocycles. The topological polar surface area (TPSA) is 79.5 Å². The lowest BCUT2D eigenvalue weighted by atomic mass is 10.2. The minimum absolute atomic E-state index is 0.190. The second kappa shape index (κ2) is 7.18. The van der Waals surface area contributed by atoms with E-state index < -0.39 is 0 Å². The molecule has 0 atom stereocenters. The SMILES string of the molecule is Cn1c(SCC(=O)NN=Cc2ccc(O)cc2)nc2ccccc21. The Morgan fingerprint density at radius 2 is 2.04 bits per heavy atom. The zero-order chi connectivity index (χ0) is 16.9. The number of para-hydroxylation sites is 2. The number of imidazole rings is 1. The number of aromatic hydroxyl groups is 1. The first-order valence-electron chi connectivity index (χ1n) is 7.28. The maximum Gasteiger partial charge on any atom is 0.250 e. The lowest BCUT2D eigenvalue weighted by Gasteiger charge is -2.01. The molecule has 0 saturated heterocycles. The van der Waals surface area contributed by atoms with E-state index in [1.807, 2.05) is 35.9 Å². The van der Waals surface area contributed by atoms with Crippen LogP contribution < -0.4 is 5.43 Å². The molecule has 24 heavy (non-hydrogen) atoms. The number of hydrazone groups is 1. The predicted molar refractivity (Wildman–Crippen MR) is 95.3 cm³/mol. The van der Waals surface area contributed by atoms with Crippen LogP contribution in [0.15, 0.2) is 58.8 Å². The average Bonchev–Trinajstić information content (AvgIpc) is 2.91. The van der Waals surface area contributed by atoms with Crippen molar-refractivity contribution in [2.75, 3.05) is 5.75 Å². The Kier molecular flexibility index (Phi) is 4.81. The molecule has 0 fully saturated rings. The highest BCUT2D eigenvalue weighted by molar-refractivity contribution is 7.99. The third kappa shape index (κ3) is 3.75. The van der Waals surface area contributed by atoms with Crippen LogP contribution in [0.25, 0.3) is 11.0 Å². The van der Waals surface area contributed by atoms with Crippen molar-refractivity contribution in [3.63, 3.8) is 0 Å². The van der Waals surface area contributed by atoms with Gasteiger partial charge in [0.25, 0.3) is 5.91 Å². The Morgan fingerprint density at radius 1 is 1.29 bits per heavy atom. The number of phenolic OH excluding ortho intramolecular Hbond substituents is 1. The summed E-state index contributed by atoms with van der Waals surface area (Å²) in [4.78, 5) is 16.4. The largest absolute Gasteiger partial charge is 0.508 e. The highest BCUT2D eigenvalue weighted by Gasteiger charge is 2.09. The number of phenols is 1. The molecule has 6 nitrogen and oxygen atoms in total. The monoisotopic (exact) mass is 340 g/mol. The van der Waals surface area contributed by atoms with Crippen molar-refractivity contribution >= 4 is 34.9 Å². The third-order valence-corrected chi connectivity index (χ3v) is 4.40. The van der Waals surface area contributed by atoms with E-state index in [0.29, 0.717) is 0 Å². The number of aryl methyl sites for hydroxylation is 1. The number of amides is 1. The van der Waals surface area contributed by atoms with Crippen molar-refractivity contribution in [3.05, 3.63) is 54.1 Å². The molecule has 1 heterocycles. The zero-order valence-electron chi connectivity index (χ0n) is 13.0. The molecular formula is C17H16N4O2S. The van der Waals surface area contributed by atoms with Crippen molar-refractivity contribution < 1.29 is 9.90 Å². The molecule has 3 aromatic rings. The highest BCUT2D eigenvalue weighted by Crippen LogP contribution is 2.22. The predicted octanol–water partition coefficient (Wildman–Crippen LogP) is 2.52. The smallest absolute Gasteiger partial charge is 0.250 e. The van der Waals surface area contributed by atoms with Crippen LogP contribution in [0.2, 0.25) is 0 Å². The summed E-state index contributed by atoms with van der Waals surface area (Å²) in [7, 11) is 1.93. The van der Waals surface area contributed by atoms with E-state index in [9.17, 15) is 9.90 Å². The van der Waals surface area contributed by atoms with Gasteiger partial charge in [-0.2, -0.15) is 5.10 Å². The van der Waals surface area contributed by atoms with Crippen LogP contribution >= 0.6 is 11.8 Å². The molecule has 2 aromatic carbocycles. The van der Waals surface area contributed by atoms with Gasteiger partial charge in [0.15, 0.2) is 5.16 Å². The molecule has 122 valence electrons. The van der Waals surface area contributed by atoms with Crippen LogP contribution in [-0.4, -0.2) is 32.5 Å². The summed E-state index contributed by atoms with van der Waals surface area (Å²) in [6, 6.07) is 14.4. The Balaban J connectivity index is 1.55. The maximum absolute atomic E-state index is 11.9. The number of fused-ring (bicyclic) bond motifs is 1. The van der Waals surface area contributed by atoms with Crippen molar-refractivity contribution in [2.24, 2.45) is 12.1 Å². The number of rotatable bonds is 5. The molecule has 0 radical (unpaired) electrons. The van der Waals surface area contributed by atoms with Crippen molar-refractivity contribution in [1.29, 1.82) is 0 Å². The summed E-state index contributed by atoms with van der Waals surface area (Å²) in [5, 5.41) is 13.9. The van der Waals surface area contributed by atoms with Gasteiger partial charge in [-0.05, 0) is 42.0 Å². The summed E-state index contributed by atoms with van der Waals surface area (Å²) < 4.78 is 1.97. The van der Waals surface area contributed by atoms with Gasteiger partial charge in [-0.25, -0.2) is 10.4 Å².